The molecule has 0 radical (unpaired) electrons. The summed E-state index contributed by atoms with van der Waals surface area (Å²) in [7, 11) is 0. The number of rotatable bonds is 4. The van der Waals surface area contributed by atoms with Gasteiger partial charge in [-0.3, -0.25) is 14.4 Å². The average molecular weight is 398 g/mol. The maximum absolute atomic E-state index is 12.8. The van der Waals surface area contributed by atoms with E-state index >= 15 is 0 Å². The second-order valence-electron chi connectivity index (χ2n) is 8.90. The average Bonchev–Trinajstić information content (AvgIpc) is 3.07. The Hall–Kier alpha value is -2.37. The number of carbonyl (C=O) groups excluding carboxylic acids is 3. The summed E-state index contributed by atoms with van der Waals surface area (Å²) in [5.41, 5.74) is 0.596. The molecule has 3 amide bonds. The van der Waals surface area contributed by atoms with Gasteiger partial charge in [-0.1, -0.05) is 37.5 Å². The first-order chi connectivity index (χ1) is 14.1. The van der Waals surface area contributed by atoms with Gasteiger partial charge in [0, 0.05) is 30.6 Å². The van der Waals surface area contributed by atoms with Gasteiger partial charge < -0.3 is 15.5 Å². The number of hydrogen-bond acceptors (Lipinski definition) is 3. The zero-order valence-electron chi connectivity index (χ0n) is 16.9. The third kappa shape index (κ3) is 4.80. The van der Waals surface area contributed by atoms with Crippen LogP contribution in [0.1, 0.15) is 55.3 Å². The minimum atomic E-state index is -0.134. The summed E-state index contributed by atoms with van der Waals surface area (Å²) in [5, 5.41) is 6.21. The zero-order valence-corrected chi connectivity index (χ0v) is 16.9. The Labute approximate surface area is 172 Å². The second kappa shape index (κ2) is 8.97. The summed E-state index contributed by atoms with van der Waals surface area (Å²) in [4.78, 5) is 39.6. The van der Waals surface area contributed by atoms with E-state index in [1.807, 2.05) is 18.2 Å². The Kier molecular flexibility index (Phi) is 6.16. The molecule has 0 unspecified atom stereocenters. The van der Waals surface area contributed by atoms with Gasteiger partial charge >= 0.3 is 0 Å². The van der Waals surface area contributed by atoms with Gasteiger partial charge in [-0.2, -0.15) is 0 Å². The van der Waals surface area contributed by atoms with Crippen LogP contribution < -0.4 is 10.6 Å². The van der Waals surface area contributed by atoms with Crippen molar-refractivity contribution < 1.29 is 14.4 Å². The van der Waals surface area contributed by atoms with Crippen LogP contribution in [0.2, 0.25) is 0 Å². The molecule has 2 saturated carbocycles. The molecule has 1 saturated heterocycles. The molecule has 6 nitrogen and oxygen atoms in total. The molecule has 29 heavy (non-hydrogen) atoms. The number of benzene rings is 1. The number of fused-ring (bicyclic) bond motifs is 1. The molecule has 4 rings (SSSR count). The molecule has 1 aliphatic heterocycles. The van der Waals surface area contributed by atoms with Crippen molar-refractivity contribution in [2.45, 2.75) is 51.0 Å². The van der Waals surface area contributed by atoms with Crippen molar-refractivity contribution in [3.05, 3.63) is 35.9 Å². The third-order valence-corrected chi connectivity index (χ3v) is 6.80. The molecule has 2 aliphatic carbocycles. The summed E-state index contributed by atoms with van der Waals surface area (Å²) in [6.45, 7) is 1.37. The fourth-order valence-corrected chi connectivity index (χ4v) is 5.19. The monoisotopic (exact) mass is 397 g/mol. The van der Waals surface area contributed by atoms with E-state index in [9.17, 15) is 14.4 Å². The van der Waals surface area contributed by atoms with Gasteiger partial charge in [-0.05, 0) is 49.7 Å². The van der Waals surface area contributed by atoms with Crippen LogP contribution in [-0.4, -0.2) is 48.3 Å². The predicted octanol–water partition coefficient (Wildman–Crippen LogP) is 2.35. The first kappa shape index (κ1) is 19.9. The van der Waals surface area contributed by atoms with Crippen molar-refractivity contribution in [2.75, 3.05) is 19.6 Å². The largest absolute Gasteiger partial charge is 0.356 e. The molecule has 156 valence electrons. The molecule has 6 heteroatoms. The van der Waals surface area contributed by atoms with Gasteiger partial charge in [0.1, 0.15) is 0 Å². The third-order valence-electron chi connectivity index (χ3n) is 6.80. The van der Waals surface area contributed by atoms with E-state index in [0.29, 0.717) is 24.4 Å². The van der Waals surface area contributed by atoms with Crippen molar-refractivity contribution in [1.29, 1.82) is 0 Å². The van der Waals surface area contributed by atoms with E-state index in [4.69, 9.17) is 0 Å². The second-order valence-corrected chi connectivity index (χ2v) is 8.90. The standard InChI is InChI=1S/C23H31N3O3/c27-21-15-26(23(29)17-9-5-2-6-10-17)14-19-11-18(12-20(19)25-21)22(28)24-13-16-7-3-1-4-8-16/h2,5-6,9-10,16,18-20H,1,3-4,7-8,11-15H2,(H,24,28)(H,25,27)/t18-,19+,20+/m0/s1. The first-order valence-electron chi connectivity index (χ1n) is 11.0. The lowest BCUT2D eigenvalue weighted by Crippen LogP contribution is -2.40. The van der Waals surface area contributed by atoms with Crippen LogP contribution in [0, 0.1) is 17.8 Å². The number of hydrogen-bond donors (Lipinski definition) is 2. The lowest BCUT2D eigenvalue weighted by Gasteiger charge is -2.24. The summed E-state index contributed by atoms with van der Waals surface area (Å²) < 4.78 is 0. The highest BCUT2D eigenvalue weighted by atomic mass is 16.2. The molecule has 0 aromatic heterocycles. The van der Waals surface area contributed by atoms with Crippen LogP contribution in [-0.2, 0) is 9.59 Å². The predicted molar refractivity (Wildman–Crippen MR) is 110 cm³/mol. The SMILES string of the molecule is O=C1CN(C(=O)c2ccccc2)C[C@H]2C[C@H](C(=O)NCC3CCCCC3)C[C@H]2N1. The Morgan fingerprint density at radius 1 is 1.07 bits per heavy atom. The van der Waals surface area contributed by atoms with Crippen LogP contribution >= 0.6 is 0 Å². The topological polar surface area (TPSA) is 78.5 Å². The van der Waals surface area contributed by atoms with Gasteiger partial charge in [-0.15, -0.1) is 0 Å². The van der Waals surface area contributed by atoms with E-state index in [1.165, 1.54) is 32.1 Å². The van der Waals surface area contributed by atoms with Crippen LogP contribution in [0.15, 0.2) is 30.3 Å². The fourth-order valence-electron chi connectivity index (χ4n) is 5.19. The van der Waals surface area contributed by atoms with Gasteiger partial charge in [-0.25, -0.2) is 0 Å². The Bertz CT molecular complexity index is 745. The zero-order chi connectivity index (χ0) is 20.2. The molecule has 1 aromatic rings. The highest BCUT2D eigenvalue weighted by molar-refractivity contribution is 5.96. The number of nitrogens with one attached hydrogen (secondary N) is 2. The minimum Gasteiger partial charge on any atom is -0.356 e. The molecule has 3 atom stereocenters. The molecule has 3 aliphatic rings. The van der Waals surface area contributed by atoms with Crippen LogP contribution in [0.25, 0.3) is 0 Å². The van der Waals surface area contributed by atoms with Gasteiger partial charge in [0.25, 0.3) is 5.91 Å². The highest BCUT2D eigenvalue weighted by Crippen LogP contribution is 2.34. The summed E-state index contributed by atoms with van der Waals surface area (Å²) in [6.07, 6.45) is 7.66. The molecule has 1 heterocycles. The lowest BCUT2D eigenvalue weighted by molar-refractivity contribution is -0.126. The van der Waals surface area contributed by atoms with Crippen LogP contribution in [0.5, 0.6) is 0 Å². The Morgan fingerprint density at radius 3 is 2.59 bits per heavy atom. The number of nitrogens with zero attached hydrogens (tertiary/aromatic N) is 1. The Balaban J connectivity index is 1.35. The summed E-state index contributed by atoms with van der Waals surface area (Å²) in [5.74, 6) is 0.508. The van der Waals surface area contributed by atoms with Crippen molar-refractivity contribution in [2.24, 2.45) is 17.8 Å². The fraction of sp³-hybridized carbons (Fsp3) is 0.609. The maximum atomic E-state index is 12.8. The van der Waals surface area contributed by atoms with Gasteiger partial charge in [0.2, 0.25) is 11.8 Å². The molecular formula is C23H31N3O3. The van der Waals surface area contributed by atoms with E-state index in [0.717, 1.165) is 13.0 Å². The molecule has 3 fully saturated rings. The van der Waals surface area contributed by atoms with Gasteiger partial charge in [0.05, 0.1) is 6.54 Å². The maximum Gasteiger partial charge on any atom is 0.254 e. The Morgan fingerprint density at radius 2 is 1.83 bits per heavy atom. The van der Waals surface area contributed by atoms with Crippen molar-refractivity contribution in [3.8, 4) is 0 Å². The minimum absolute atomic E-state index is 0.0264. The van der Waals surface area contributed by atoms with E-state index in [-0.39, 0.29) is 42.1 Å². The van der Waals surface area contributed by atoms with Gasteiger partial charge in [0.15, 0.2) is 0 Å². The molecule has 2 N–H and O–H groups in total. The van der Waals surface area contributed by atoms with Crippen LogP contribution in [0.4, 0.5) is 0 Å². The summed E-state index contributed by atoms with van der Waals surface area (Å²) in [6, 6.07) is 9.06. The number of amides is 3. The van der Waals surface area contributed by atoms with Crippen molar-refractivity contribution in [3.63, 3.8) is 0 Å². The summed E-state index contributed by atoms with van der Waals surface area (Å²) >= 11 is 0. The molecule has 0 spiro atoms. The first-order valence-corrected chi connectivity index (χ1v) is 11.0. The van der Waals surface area contributed by atoms with E-state index in [1.54, 1.807) is 17.0 Å². The molecule has 0 bridgehead atoms. The molecular weight excluding hydrogens is 366 g/mol. The van der Waals surface area contributed by atoms with E-state index < -0.39 is 0 Å². The normalized spacial score (nSPS) is 27.7. The smallest absolute Gasteiger partial charge is 0.254 e. The highest BCUT2D eigenvalue weighted by Gasteiger charge is 2.42. The van der Waals surface area contributed by atoms with Crippen molar-refractivity contribution in [1.82, 2.24) is 15.5 Å². The van der Waals surface area contributed by atoms with Crippen molar-refractivity contribution >= 4 is 17.7 Å². The quantitative estimate of drug-likeness (QED) is 0.819. The lowest BCUT2D eigenvalue weighted by atomic mass is 9.89. The van der Waals surface area contributed by atoms with E-state index in [2.05, 4.69) is 10.6 Å². The van der Waals surface area contributed by atoms with Crippen LogP contribution in [0.3, 0.4) is 0 Å². The number of carbonyl (C=O) groups is 3. The molecule has 1 aromatic carbocycles.